The molecule has 0 aliphatic carbocycles. The fraction of sp³-hybridized carbons (Fsp3) is 0.300. The molecule has 1 N–H and O–H groups in total. The summed E-state index contributed by atoms with van der Waals surface area (Å²) in [5.74, 6) is -0.700. The smallest absolute Gasteiger partial charge is 0.316 e. The highest BCUT2D eigenvalue weighted by Gasteiger charge is 2.14. The van der Waals surface area contributed by atoms with Gasteiger partial charge in [-0.3, -0.25) is 9.59 Å². The molecule has 2 heterocycles. The second-order valence-electron chi connectivity index (χ2n) is 6.40. The van der Waals surface area contributed by atoms with Gasteiger partial charge < -0.3 is 10.1 Å². The summed E-state index contributed by atoms with van der Waals surface area (Å²) in [7, 11) is 0. The van der Waals surface area contributed by atoms with Crippen LogP contribution < -0.4 is 5.32 Å². The van der Waals surface area contributed by atoms with Crippen LogP contribution in [0.3, 0.4) is 0 Å². The maximum atomic E-state index is 12.1. The molecule has 1 amide bonds. The summed E-state index contributed by atoms with van der Waals surface area (Å²) in [4.78, 5) is 33.3. The lowest BCUT2D eigenvalue weighted by atomic mass is 10.0. The second kappa shape index (κ2) is 9.16. The number of aromatic nitrogens is 2. The number of benzene rings is 1. The average molecular weight is 416 g/mol. The van der Waals surface area contributed by atoms with Gasteiger partial charge in [0, 0.05) is 5.39 Å². The molecule has 0 bridgehead atoms. The number of esters is 1. The molecule has 2 aromatic heterocycles. The molecule has 146 valence electrons. The van der Waals surface area contributed by atoms with Gasteiger partial charge >= 0.3 is 5.97 Å². The molecule has 0 unspecified atom stereocenters. The molecule has 6 nitrogen and oxygen atoms in total. The van der Waals surface area contributed by atoms with Crippen molar-refractivity contribution in [3.05, 3.63) is 52.7 Å². The largest absolute Gasteiger partial charge is 0.455 e. The van der Waals surface area contributed by atoms with Crippen molar-refractivity contribution in [2.45, 2.75) is 31.8 Å². The molecule has 1 atom stereocenters. The molecule has 3 rings (SSSR count). The summed E-state index contributed by atoms with van der Waals surface area (Å²) in [6.07, 6.45) is 1.48. The van der Waals surface area contributed by atoms with E-state index in [2.05, 4.69) is 21.4 Å². The van der Waals surface area contributed by atoms with E-state index in [1.165, 1.54) is 40.6 Å². The van der Waals surface area contributed by atoms with Crippen molar-refractivity contribution in [2.24, 2.45) is 0 Å². The number of amides is 1. The van der Waals surface area contributed by atoms with Crippen LogP contribution >= 0.6 is 23.1 Å². The number of aryl methyl sites for hydroxylation is 2. The summed E-state index contributed by atoms with van der Waals surface area (Å²) in [6, 6.07) is 7.84. The third kappa shape index (κ3) is 5.08. The number of thiophene rings is 1. The van der Waals surface area contributed by atoms with Crippen molar-refractivity contribution in [3.63, 3.8) is 0 Å². The van der Waals surface area contributed by atoms with Gasteiger partial charge in [0.25, 0.3) is 5.91 Å². The molecule has 0 radical (unpaired) electrons. The number of hydrogen-bond acceptors (Lipinski definition) is 7. The Bertz CT molecular complexity index is 1000. The van der Waals surface area contributed by atoms with Crippen molar-refractivity contribution in [2.75, 3.05) is 12.4 Å². The highest BCUT2D eigenvalue weighted by molar-refractivity contribution is 8.00. The van der Waals surface area contributed by atoms with Crippen molar-refractivity contribution in [1.29, 1.82) is 0 Å². The number of nitrogens with zero attached hydrogens (tertiary/aromatic N) is 2. The molecule has 0 spiro atoms. The minimum Gasteiger partial charge on any atom is -0.455 e. The molecule has 3 aromatic rings. The molecule has 0 aliphatic rings. The Kier molecular flexibility index (Phi) is 6.64. The Morgan fingerprint density at radius 3 is 2.82 bits per heavy atom. The highest BCUT2D eigenvalue weighted by Crippen LogP contribution is 2.27. The van der Waals surface area contributed by atoms with Gasteiger partial charge in [-0.15, -0.1) is 11.3 Å². The number of carbonyl (C=O) groups is 2. The van der Waals surface area contributed by atoms with Gasteiger partial charge in [-0.2, -0.15) is 0 Å². The first-order valence-corrected chi connectivity index (χ1v) is 10.6. The Morgan fingerprint density at radius 2 is 2.04 bits per heavy atom. The third-order valence-corrected chi connectivity index (χ3v) is 6.12. The van der Waals surface area contributed by atoms with Gasteiger partial charge in [0.2, 0.25) is 0 Å². The fourth-order valence-electron chi connectivity index (χ4n) is 2.60. The first-order chi connectivity index (χ1) is 13.4. The van der Waals surface area contributed by atoms with E-state index in [1.807, 2.05) is 44.4 Å². The van der Waals surface area contributed by atoms with Crippen LogP contribution in [0.15, 0.2) is 41.0 Å². The topological polar surface area (TPSA) is 81.2 Å². The van der Waals surface area contributed by atoms with Crippen LogP contribution in [0.2, 0.25) is 0 Å². The molecule has 8 heteroatoms. The number of ether oxygens (including phenoxy) is 1. The highest BCUT2D eigenvalue weighted by atomic mass is 32.2. The van der Waals surface area contributed by atoms with Gasteiger partial charge in [-0.1, -0.05) is 30.0 Å². The molecule has 0 aliphatic heterocycles. The van der Waals surface area contributed by atoms with E-state index in [9.17, 15) is 9.59 Å². The lowest BCUT2D eigenvalue weighted by Crippen LogP contribution is -2.31. The van der Waals surface area contributed by atoms with Crippen molar-refractivity contribution < 1.29 is 14.3 Å². The van der Waals surface area contributed by atoms with Crippen molar-refractivity contribution >= 4 is 45.2 Å². The Morgan fingerprint density at radius 1 is 1.21 bits per heavy atom. The number of thioether (sulfide) groups is 1. The normalized spacial score (nSPS) is 12.0. The second-order valence-corrected chi connectivity index (χ2v) is 8.26. The van der Waals surface area contributed by atoms with Gasteiger partial charge in [-0.05, 0) is 48.9 Å². The molecular weight excluding hydrogens is 394 g/mol. The van der Waals surface area contributed by atoms with Crippen LogP contribution in [0.4, 0.5) is 0 Å². The number of rotatable bonds is 7. The van der Waals surface area contributed by atoms with Crippen LogP contribution in [-0.4, -0.2) is 34.2 Å². The SMILES string of the molecule is Cc1ccc([C@@H](C)NC(=O)COC(=O)CSc2ncnc3sccc23)cc1C. The number of hydrogen-bond donors (Lipinski definition) is 1. The van der Waals surface area contributed by atoms with Crippen LogP contribution in [0.25, 0.3) is 10.2 Å². The predicted molar refractivity (Wildman–Crippen MR) is 112 cm³/mol. The van der Waals surface area contributed by atoms with Gasteiger partial charge in [0.15, 0.2) is 6.61 Å². The Balaban J connectivity index is 1.45. The van der Waals surface area contributed by atoms with E-state index < -0.39 is 5.97 Å². The van der Waals surface area contributed by atoms with Crippen LogP contribution in [0.5, 0.6) is 0 Å². The maximum absolute atomic E-state index is 12.1. The van der Waals surface area contributed by atoms with Gasteiger partial charge in [0.1, 0.15) is 16.2 Å². The first-order valence-electron chi connectivity index (χ1n) is 8.77. The lowest BCUT2D eigenvalue weighted by Gasteiger charge is -2.15. The zero-order valence-corrected chi connectivity index (χ0v) is 17.5. The predicted octanol–water partition coefficient (Wildman–Crippen LogP) is 3.82. The van der Waals surface area contributed by atoms with Gasteiger partial charge in [-0.25, -0.2) is 9.97 Å². The van der Waals surface area contributed by atoms with Crippen LogP contribution in [0, 0.1) is 13.8 Å². The molecular formula is C20H21N3O3S2. The van der Waals surface area contributed by atoms with Crippen molar-refractivity contribution in [1.82, 2.24) is 15.3 Å². The minimum absolute atomic E-state index is 0.0853. The van der Waals surface area contributed by atoms with E-state index in [0.29, 0.717) is 0 Å². The number of carbonyl (C=O) groups excluding carboxylic acids is 2. The van der Waals surface area contributed by atoms with E-state index in [-0.39, 0.29) is 24.3 Å². The standard InChI is InChI=1S/C20H21N3O3S2/c1-12-4-5-15(8-13(12)2)14(3)23-17(24)9-26-18(25)10-28-20-16-6-7-27-19(16)21-11-22-20/h4-8,11,14H,9-10H2,1-3H3,(H,23,24)/t14-/m1/s1. The zero-order chi connectivity index (χ0) is 20.1. The number of fused-ring (bicyclic) bond motifs is 1. The molecule has 0 saturated heterocycles. The van der Waals surface area contributed by atoms with E-state index in [1.54, 1.807) is 0 Å². The number of nitrogens with one attached hydrogen (secondary N) is 1. The zero-order valence-electron chi connectivity index (χ0n) is 15.9. The van der Waals surface area contributed by atoms with E-state index in [0.717, 1.165) is 20.8 Å². The Labute approximate surface area is 171 Å². The van der Waals surface area contributed by atoms with E-state index >= 15 is 0 Å². The Hall–Kier alpha value is -2.45. The molecule has 28 heavy (non-hydrogen) atoms. The fourth-order valence-corrected chi connectivity index (χ4v) is 4.17. The van der Waals surface area contributed by atoms with Crippen LogP contribution in [0.1, 0.15) is 29.7 Å². The summed E-state index contributed by atoms with van der Waals surface area (Å²) >= 11 is 2.80. The first kappa shape index (κ1) is 20.3. The molecule has 0 saturated carbocycles. The molecule has 0 fully saturated rings. The monoisotopic (exact) mass is 415 g/mol. The average Bonchev–Trinajstić information content (AvgIpc) is 3.16. The minimum atomic E-state index is -0.457. The quantitative estimate of drug-likeness (QED) is 0.359. The third-order valence-electron chi connectivity index (χ3n) is 4.32. The van der Waals surface area contributed by atoms with Gasteiger partial charge in [0.05, 0.1) is 11.8 Å². The summed E-state index contributed by atoms with van der Waals surface area (Å²) in [6.45, 7) is 5.69. The maximum Gasteiger partial charge on any atom is 0.316 e. The summed E-state index contributed by atoms with van der Waals surface area (Å²) in [5, 5.41) is 6.44. The lowest BCUT2D eigenvalue weighted by molar-refractivity contribution is -0.146. The summed E-state index contributed by atoms with van der Waals surface area (Å²) < 4.78 is 5.09. The van der Waals surface area contributed by atoms with Crippen LogP contribution in [-0.2, 0) is 14.3 Å². The van der Waals surface area contributed by atoms with E-state index in [4.69, 9.17) is 4.74 Å². The van der Waals surface area contributed by atoms with Crippen molar-refractivity contribution in [3.8, 4) is 0 Å². The summed E-state index contributed by atoms with van der Waals surface area (Å²) in [5.41, 5.74) is 3.39. The molecule has 1 aromatic carbocycles.